The average Bonchev–Trinajstić information content (AvgIpc) is 2.90. The van der Waals surface area contributed by atoms with Crippen LogP contribution >= 0.6 is 0 Å². The molecule has 0 aliphatic heterocycles. The molecule has 0 bridgehead atoms. The largest absolute Gasteiger partial charge is 0.439 e. The Morgan fingerprint density at radius 3 is 3.00 bits per heavy atom. The van der Waals surface area contributed by atoms with E-state index < -0.39 is 0 Å². The van der Waals surface area contributed by atoms with Gasteiger partial charge in [-0.25, -0.2) is 9.97 Å². The number of hydrogen-bond donors (Lipinski definition) is 0. The van der Waals surface area contributed by atoms with Crippen LogP contribution in [0.4, 0.5) is 0 Å². The molecule has 1 aliphatic carbocycles. The molecular weight excluding hydrogens is 228 g/mol. The van der Waals surface area contributed by atoms with Crippen molar-refractivity contribution in [2.75, 3.05) is 0 Å². The lowest BCUT2D eigenvalue weighted by molar-refractivity contribution is 0.0971. The van der Waals surface area contributed by atoms with Gasteiger partial charge in [0, 0.05) is 12.0 Å². The highest BCUT2D eigenvalue weighted by atomic mass is 16.3. The minimum Gasteiger partial charge on any atom is -0.439 e. The van der Waals surface area contributed by atoms with Crippen LogP contribution in [0.3, 0.4) is 0 Å². The van der Waals surface area contributed by atoms with Gasteiger partial charge in [-0.2, -0.15) is 0 Å². The summed E-state index contributed by atoms with van der Waals surface area (Å²) in [5, 5.41) is 0. The van der Waals surface area contributed by atoms with Gasteiger partial charge in [-0.05, 0) is 36.8 Å². The van der Waals surface area contributed by atoms with E-state index in [0.29, 0.717) is 18.0 Å². The lowest BCUT2D eigenvalue weighted by atomic mass is 9.94. The average molecular weight is 238 g/mol. The van der Waals surface area contributed by atoms with Crippen molar-refractivity contribution >= 4 is 5.78 Å². The van der Waals surface area contributed by atoms with E-state index in [4.69, 9.17) is 4.42 Å². The predicted molar refractivity (Wildman–Crippen MR) is 64.0 cm³/mol. The summed E-state index contributed by atoms with van der Waals surface area (Å²) in [6.07, 6.45) is 5.35. The van der Waals surface area contributed by atoms with E-state index >= 15 is 0 Å². The van der Waals surface area contributed by atoms with Gasteiger partial charge in [-0.3, -0.25) is 4.79 Å². The fourth-order valence-corrected chi connectivity index (χ4v) is 1.97. The molecule has 0 saturated carbocycles. The van der Waals surface area contributed by atoms with Crippen molar-refractivity contribution in [1.29, 1.82) is 0 Å². The highest BCUT2D eigenvalue weighted by molar-refractivity contribution is 5.98. The van der Waals surface area contributed by atoms with Gasteiger partial charge in [0.2, 0.25) is 0 Å². The molecule has 1 aliphatic rings. The van der Waals surface area contributed by atoms with Crippen LogP contribution in [0.25, 0.3) is 0 Å². The van der Waals surface area contributed by atoms with E-state index in [1.165, 1.54) is 6.26 Å². The highest BCUT2D eigenvalue weighted by Crippen LogP contribution is 2.19. The van der Waals surface area contributed by atoms with Crippen LogP contribution < -0.4 is 0 Å². The summed E-state index contributed by atoms with van der Waals surface area (Å²) in [5.74, 6) is 6.21. The summed E-state index contributed by atoms with van der Waals surface area (Å²) in [4.78, 5) is 19.9. The zero-order chi connectivity index (χ0) is 12.4. The summed E-state index contributed by atoms with van der Waals surface area (Å²) < 4.78 is 5.02. The monoisotopic (exact) mass is 238 g/mol. The van der Waals surface area contributed by atoms with E-state index in [2.05, 4.69) is 21.8 Å². The number of aromatic nitrogens is 2. The van der Waals surface area contributed by atoms with Gasteiger partial charge in [0.15, 0.2) is 5.78 Å². The van der Waals surface area contributed by atoms with E-state index in [0.717, 1.165) is 24.1 Å². The molecule has 0 N–H and O–H groups in total. The Bertz CT molecular complexity index is 648. The summed E-state index contributed by atoms with van der Waals surface area (Å²) in [6.45, 7) is 0. The molecule has 0 saturated heterocycles. The number of aryl methyl sites for hydroxylation is 1. The summed E-state index contributed by atoms with van der Waals surface area (Å²) in [5.41, 5.74) is 2.23. The number of carbonyl (C=O) groups excluding carboxylic acids is 1. The van der Waals surface area contributed by atoms with Gasteiger partial charge in [-0.15, -0.1) is 0 Å². The quantitative estimate of drug-likeness (QED) is 0.658. The molecule has 4 nitrogen and oxygen atoms in total. The second-order valence-electron chi connectivity index (χ2n) is 4.05. The zero-order valence-electron chi connectivity index (χ0n) is 9.64. The van der Waals surface area contributed by atoms with Gasteiger partial charge in [0.1, 0.15) is 12.0 Å². The minimum absolute atomic E-state index is 0.177. The topological polar surface area (TPSA) is 56.0 Å². The second-order valence-corrected chi connectivity index (χ2v) is 4.05. The Labute approximate surface area is 104 Å². The maximum atomic E-state index is 11.6. The van der Waals surface area contributed by atoms with Crippen LogP contribution in [0, 0.1) is 11.8 Å². The van der Waals surface area contributed by atoms with Crippen LogP contribution in [0.15, 0.2) is 29.0 Å². The first kappa shape index (κ1) is 10.7. The molecule has 0 atom stereocenters. The van der Waals surface area contributed by atoms with Crippen molar-refractivity contribution in [3.63, 3.8) is 0 Å². The number of nitrogens with zero attached hydrogens (tertiary/aromatic N) is 2. The van der Waals surface area contributed by atoms with Crippen molar-refractivity contribution in [3.8, 4) is 11.8 Å². The number of oxazole rings is 1. The first-order valence-electron chi connectivity index (χ1n) is 5.77. The summed E-state index contributed by atoms with van der Waals surface area (Å²) in [7, 11) is 0. The van der Waals surface area contributed by atoms with E-state index in [1.807, 2.05) is 6.07 Å². The molecule has 0 fully saturated rings. The number of hydrogen-bond acceptors (Lipinski definition) is 4. The highest BCUT2D eigenvalue weighted by Gasteiger charge is 2.17. The van der Waals surface area contributed by atoms with E-state index in [-0.39, 0.29) is 5.78 Å². The van der Waals surface area contributed by atoms with Crippen LogP contribution in [0.1, 0.15) is 40.5 Å². The molecule has 0 aromatic carbocycles. The van der Waals surface area contributed by atoms with Gasteiger partial charge >= 0.3 is 0 Å². The van der Waals surface area contributed by atoms with Crippen molar-refractivity contribution in [2.24, 2.45) is 0 Å². The maximum absolute atomic E-state index is 11.6. The van der Waals surface area contributed by atoms with Crippen molar-refractivity contribution < 1.29 is 9.21 Å². The smallest absolute Gasteiger partial charge is 0.273 e. The van der Waals surface area contributed by atoms with Crippen molar-refractivity contribution in [2.45, 2.75) is 19.3 Å². The Hall–Kier alpha value is -2.41. The molecular formula is C14H10N2O2. The first-order chi connectivity index (χ1) is 8.83. The summed E-state index contributed by atoms with van der Waals surface area (Å²) >= 11 is 0. The number of Topliss-reactive ketones (excluding diaryl/α,β-unsaturated/α-hetero) is 1. The van der Waals surface area contributed by atoms with Crippen LogP contribution in [-0.2, 0) is 6.42 Å². The van der Waals surface area contributed by atoms with E-state index in [1.54, 1.807) is 12.3 Å². The molecule has 88 valence electrons. The van der Waals surface area contributed by atoms with Crippen molar-refractivity contribution in [1.82, 2.24) is 9.97 Å². The normalized spacial score (nSPS) is 13.7. The molecule has 18 heavy (non-hydrogen) atoms. The van der Waals surface area contributed by atoms with Gasteiger partial charge in [0.25, 0.3) is 5.89 Å². The molecule has 0 radical (unpaired) electrons. The molecule has 2 aromatic heterocycles. The Balaban J connectivity index is 1.93. The third-order valence-corrected chi connectivity index (χ3v) is 2.82. The summed E-state index contributed by atoms with van der Waals surface area (Å²) in [6, 6.07) is 3.57. The zero-order valence-corrected chi connectivity index (χ0v) is 9.64. The molecule has 0 spiro atoms. The first-order valence-corrected chi connectivity index (χ1v) is 5.77. The number of fused-ring (bicyclic) bond motifs is 1. The van der Waals surface area contributed by atoms with Crippen LogP contribution in [-0.4, -0.2) is 15.8 Å². The Morgan fingerprint density at radius 1 is 1.22 bits per heavy atom. The maximum Gasteiger partial charge on any atom is 0.273 e. The SMILES string of the molecule is O=C1CCCc2nc(C#Cc3ncco3)ccc21. The molecule has 0 unspecified atom stereocenters. The lowest BCUT2D eigenvalue weighted by Crippen LogP contribution is -2.12. The second kappa shape index (κ2) is 4.46. The van der Waals surface area contributed by atoms with Gasteiger partial charge in [-0.1, -0.05) is 0 Å². The number of pyridine rings is 1. The Morgan fingerprint density at radius 2 is 2.17 bits per heavy atom. The number of carbonyl (C=O) groups is 1. The third kappa shape index (κ3) is 2.03. The Kier molecular flexibility index (Phi) is 2.66. The lowest BCUT2D eigenvalue weighted by Gasteiger charge is -2.12. The van der Waals surface area contributed by atoms with Crippen LogP contribution in [0.5, 0.6) is 0 Å². The molecule has 3 rings (SSSR count). The van der Waals surface area contributed by atoms with Crippen molar-refractivity contribution in [3.05, 3.63) is 47.4 Å². The standard InChI is InChI=1S/C14H10N2O2/c17-13-3-1-2-12-11(13)6-4-10(16-12)5-7-14-15-8-9-18-14/h4,6,8-9H,1-3H2. The third-order valence-electron chi connectivity index (χ3n) is 2.82. The van der Waals surface area contributed by atoms with Gasteiger partial charge < -0.3 is 4.42 Å². The predicted octanol–water partition coefficient (Wildman–Crippen LogP) is 1.99. The minimum atomic E-state index is 0.177. The van der Waals surface area contributed by atoms with E-state index in [9.17, 15) is 4.79 Å². The van der Waals surface area contributed by atoms with Gasteiger partial charge in [0.05, 0.1) is 11.9 Å². The van der Waals surface area contributed by atoms with Crippen LogP contribution in [0.2, 0.25) is 0 Å². The number of ketones is 1. The molecule has 4 heteroatoms. The number of rotatable bonds is 0. The fraction of sp³-hybridized carbons (Fsp3) is 0.214. The molecule has 0 amide bonds. The molecule has 2 aromatic rings. The molecule has 2 heterocycles. The fourth-order valence-electron chi connectivity index (χ4n) is 1.97.